The lowest BCUT2D eigenvalue weighted by Gasteiger charge is -2.20. The van der Waals surface area contributed by atoms with Crippen LogP contribution < -0.4 is 10.1 Å². The second-order valence-corrected chi connectivity index (χ2v) is 5.55. The quantitative estimate of drug-likeness (QED) is 0.855. The number of halogens is 5. The van der Waals surface area contributed by atoms with Crippen LogP contribution in [-0.4, -0.2) is 37.4 Å². The number of benzene rings is 1. The van der Waals surface area contributed by atoms with Gasteiger partial charge in [0, 0.05) is 19.6 Å². The van der Waals surface area contributed by atoms with E-state index in [0.29, 0.717) is 4.47 Å². The summed E-state index contributed by atoms with van der Waals surface area (Å²) in [6.07, 6.45) is -3.59. The molecule has 1 N–H and O–H groups in total. The van der Waals surface area contributed by atoms with Crippen LogP contribution >= 0.6 is 28.3 Å². The summed E-state index contributed by atoms with van der Waals surface area (Å²) in [6.45, 7) is 4.62. The van der Waals surface area contributed by atoms with E-state index in [1.54, 1.807) is 12.1 Å². The summed E-state index contributed by atoms with van der Waals surface area (Å²) >= 11 is 3.12. The van der Waals surface area contributed by atoms with Gasteiger partial charge in [0.2, 0.25) is 0 Å². The summed E-state index contributed by atoms with van der Waals surface area (Å²) in [5, 5.41) is 3.31. The first-order valence-electron chi connectivity index (χ1n) is 6.41. The van der Waals surface area contributed by atoms with Crippen molar-refractivity contribution in [3.63, 3.8) is 0 Å². The van der Waals surface area contributed by atoms with Crippen LogP contribution in [-0.2, 0) is 6.54 Å². The van der Waals surface area contributed by atoms with Gasteiger partial charge in [0.15, 0.2) is 0 Å². The van der Waals surface area contributed by atoms with Crippen molar-refractivity contribution in [1.29, 1.82) is 0 Å². The minimum Gasteiger partial charge on any atom is -0.405 e. The smallest absolute Gasteiger partial charge is 0.405 e. The summed E-state index contributed by atoms with van der Waals surface area (Å²) in [4.78, 5) is 2.28. The molecule has 0 amide bonds. The molecular weight excluding hydrogens is 373 g/mol. The Morgan fingerprint density at radius 2 is 2.00 bits per heavy atom. The minimum absolute atomic E-state index is 0. The lowest BCUT2D eigenvalue weighted by molar-refractivity contribution is -0.274. The summed E-state index contributed by atoms with van der Waals surface area (Å²) in [6, 6.07) is 4.70. The van der Waals surface area contributed by atoms with Gasteiger partial charge in [-0.1, -0.05) is 6.07 Å². The van der Waals surface area contributed by atoms with Gasteiger partial charge in [0.05, 0.1) is 4.47 Å². The molecule has 120 valence electrons. The van der Waals surface area contributed by atoms with E-state index in [4.69, 9.17) is 0 Å². The normalized spacial score (nSPS) is 17.0. The number of rotatable bonds is 3. The SMILES string of the molecule is Cl.FC(F)(F)Oc1ccc(CN2CCCNCC2)cc1Br. The summed E-state index contributed by atoms with van der Waals surface area (Å²) in [7, 11) is 0. The highest BCUT2D eigenvalue weighted by molar-refractivity contribution is 9.10. The van der Waals surface area contributed by atoms with Crippen LogP contribution in [0.1, 0.15) is 12.0 Å². The van der Waals surface area contributed by atoms with Crippen LogP contribution in [0.4, 0.5) is 13.2 Å². The van der Waals surface area contributed by atoms with E-state index in [-0.39, 0.29) is 18.2 Å². The Balaban J connectivity index is 0.00000220. The van der Waals surface area contributed by atoms with Gasteiger partial charge >= 0.3 is 6.36 Å². The lowest BCUT2D eigenvalue weighted by Crippen LogP contribution is -2.27. The molecule has 0 radical (unpaired) electrons. The van der Waals surface area contributed by atoms with E-state index in [1.807, 2.05) is 0 Å². The molecule has 0 spiro atoms. The first-order chi connectivity index (χ1) is 9.44. The summed E-state index contributed by atoms with van der Waals surface area (Å²) < 4.78 is 40.8. The molecule has 0 bridgehead atoms. The Morgan fingerprint density at radius 1 is 1.24 bits per heavy atom. The molecule has 21 heavy (non-hydrogen) atoms. The zero-order valence-electron chi connectivity index (χ0n) is 11.3. The van der Waals surface area contributed by atoms with Gasteiger partial charge in [-0.2, -0.15) is 0 Å². The molecule has 1 aromatic carbocycles. The molecule has 1 fully saturated rings. The van der Waals surface area contributed by atoms with E-state index in [0.717, 1.165) is 44.7 Å². The zero-order valence-corrected chi connectivity index (χ0v) is 13.7. The predicted octanol–water partition coefficient (Wildman–Crippen LogP) is 3.56. The Morgan fingerprint density at radius 3 is 2.67 bits per heavy atom. The van der Waals surface area contributed by atoms with Crippen LogP contribution in [0.3, 0.4) is 0 Å². The highest BCUT2D eigenvalue weighted by atomic mass is 79.9. The fraction of sp³-hybridized carbons (Fsp3) is 0.538. The molecule has 1 heterocycles. The second-order valence-electron chi connectivity index (χ2n) is 4.69. The van der Waals surface area contributed by atoms with Gasteiger partial charge in [-0.3, -0.25) is 4.90 Å². The first-order valence-corrected chi connectivity index (χ1v) is 7.20. The van der Waals surface area contributed by atoms with Crippen LogP contribution in [0.2, 0.25) is 0 Å². The Bertz CT molecular complexity index is 452. The maximum atomic E-state index is 12.2. The van der Waals surface area contributed by atoms with Crippen molar-refractivity contribution in [3.05, 3.63) is 28.2 Å². The average Bonchev–Trinajstić information content (AvgIpc) is 2.60. The van der Waals surface area contributed by atoms with Gasteiger partial charge in [-0.15, -0.1) is 25.6 Å². The monoisotopic (exact) mass is 388 g/mol. The van der Waals surface area contributed by atoms with Crippen LogP contribution in [0.25, 0.3) is 0 Å². The molecule has 1 aromatic rings. The number of hydrogen-bond donors (Lipinski definition) is 1. The summed E-state index contributed by atoms with van der Waals surface area (Å²) in [5.41, 5.74) is 0.966. The van der Waals surface area contributed by atoms with Crippen molar-refractivity contribution in [2.45, 2.75) is 19.3 Å². The van der Waals surface area contributed by atoms with Gasteiger partial charge in [-0.25, -0.2) is 0 Å². The fourth-order valence-electron chi connectivity index (χ4n) is 2.17. The molecule has 3 nitrogen and oxygen atoms in total. The molecule has 1 aliphatic heterocycles. The molecule has 8 heteroatoms. The van der Waals surface area contributed by atoms with E-state index in [1.165, 1.54) is 6.07 Å². The molecular formula is C13H17BrClF3N2O. The van der Waals surface area contributed by atoms with Gasteiger partial charge < -0.3 is 10.1 Å². The van der Waals surface area contributed by atoms with Crippen molar-refractivity contribution in [2.24, 2.45) is 0 Å². The molecule has 1 aliphatic rings. The largest absolute Gasteiger partial charge is 0.573 e. The van der Waals surface area contributed by atoms with Gasteiger partial charge in [0.25, 0.3) is 0 Å². The third-order valence-electron chi connectivity index (χ3n) is 3.06. The maximum Gasteiger partial charge on any atom is 0.573 e. The van der Waals surface area contributed by atoms with Crippen molar-refractivity contribution >= 4 is 28.3 Å². The highest BCUT2D eigenvalue weighted by Crippen LogP contribution is 2.31. The molecule has 1 saturated heterocycles. The molecule has 2 rings (SSSR count). The van der Waals surface area contributed by atoms with E-state index < -0.39 is 6.36 Å². The predicted molar refractivity (Wildman–Crippen MR) is 80.8 cm³/mol. The second kappa shape index (κ2) is 8.22. The highest BCUT2D eigenvalue weighted by Gasteiger charge is 2.31. The van der Waals surface area contributed by atoms with Crippen LogP contribution in [0, 0.1) is 0 Å². The molecule has 0 aromatic heterocycles. The number of alkyl halides is 3. The zero-order chi connectivity index (χ0) is 14.6. The number of hydrogen-bond acceptors (Lipinski definition) is 3. The third kappa shape index (κ3) is 6.42. The number of nitrogens with one attached hydrogen (secondary N) is 1. The standard InChI is InChI=1S/C13H16BrF3N2O.ClH/c14-11-8-10(2-3-12(11)20-13(15,16)17)9-19-6-1-4-18-5-7-19;/h2-3,8,18H,1,4-7,9H2;1H. The molecule has 0 saturated carbocycles. The topological polar surface area (TPSA) is 24.5 Å². The summed E-state index contributed by atoms with van der Waals surface area (Å²) in [5.74, 6) is -0.209. The van der Waals surface area contributed by atoms with E-state index >= 15 is 0 Å². The first kappa shape index (κ1) is 18.5. The Labute approximate surface area is 136 Å². The molecule has 0 aliphatic carbocycles. The van der Waals surface area contributed by atoms with Crippen molar-refractivity contribution in [3.8, 4) is 5.75 Å². The van der Waals surface area contributed by atoms with Crippen molar-refractivity contribution in [1.82, 2.24) is 10.2 Å². The van der Waals surface area contributed by atoms with Gasteiger partial charge in [0.1, 0.15) is 5.75 Å². The van der Waals surface area contributed by atoms with Crippen LogP contribution in [0.15, 0.2) is 22.7 Å². The third-order valence-corrected chi connectivity index (χ3v) is 3.68. The maximum absolute atomic E-state index is 12.2. The van der Waals surface area contributed by atoms with Crippen LogP contribution in [0.5, 0.6) is 5.75 Å². The van der Waals surface area contributed by atoms with Crippen molar-refractivity contribution in [2.75, 3.05) is 26.2 Å². The number of nitrogens with zero attached hydrogens (tertiary/aromatic N) is 1. The average molecular weight is 390 g/mol. The minimum atomic E-state index is -4.67. The van der Waals surface area contributed by atoms with Crippen molar-refractivity contribution < 1.29 is 17.9 Å². The van der Waals surface area contributed by atoms with E-state index in [2.05, 4.69) is 30.9 Å². The van der Waals surface area contributed by atoms with Gasteiger partial charge in [-0.05, 0) is 53.1 Å². The molecule has 0 atom stereocenters. The van der Waals surface area contributed by atoms with E-state index in [9.17, 15) is 13.2 Å². The molecule has 0 unspecified atom stereocenters. The lowest BCUT2D eigenvalue weighted by atomic mass is 10.2. The fourth-order valence-corrected chi connectivity index (χ4v) is 2.68. The Kier molecular flexibility index (Phi) is 7.26. The number of ether oxygens (including phenoxy) is 1. The Hall–Kier alpha value is -0.500.